The van der Waals surface area contributed by atoms with E-state index in [2.05, 4.69) is 0 Å². The van der Waals surface area contributed by atoms with Crippen molar-refractivity contribution in [3.8, 4) is 0 Å². The molecule has 0 spiro atoms. The van der Waals surface area contributed by atoms with Crippen LogP contribution in [0.3, 0.4) is 0 Å². The maximum atomic E-state index is 12.6. The summed E-state index contributed by atoms with van der Waals surface area (Å²) in [5, 5.41) is 20.3. The van der Waals surface area contributed by atoms with Gasteiger partial charge in [0.1, 0.15) is 0 Å². The fourth-order valence-corrected chi connectivity index (χ4v) is 2.89. The Labute approximate surface area is 135 Å². The fourth-order valence-electron chi connectivity index (χ4n) is 2.89. The van der Waals surface area contributed by atoms with Gasteiger partial charge in [0.05, 0.1) is 0 Å². The van der Waals surface area contributed by atoms with Gasteiger partial charge in [-0.2, -0.15) is 0 Å². The maximum Gasteiger partial charge on any atom is 0.257 e. The van der Waals surface area contributed by atoms with Crippen molar-refractivity contribution >= 4 is 12.0 Å². The highest BCUT2D eigenvalue weighted by atomic mass is 16.3. The van der Waals surface area contributed by atoms with Gasteiger partial charge in [0, 0.05) is 24.3 Å². The molecular formula is C19H19NO3. The molecule has 0 radical (unpaired) electrons. The molecule has 1 aliphatic heterocycles. The summed E-state index contributed by atoms with van der Waals surface area (Å²) in [4.78, 5) is 14.0. The van der Waals surface area contributed by atoms with Crippen molar-refractivity contribution in [3.05, 3.63) is 77.4 Å². The topological polar surface area (TPSA) is 60.8 Å². The van der Waals surface area contributed by atoms with E-state index in [0.717, 1.165) is 5.56 Å². The molecule has 0 aromatic heterocycles. The molecule has 0 fully saturated rings. The number of benzene rings is 2. The van der Waals surface area contributed by atoms with Crippen molar-refractivity contribution in [2.45, 2.75) is 12.1 Å². The van der Waals surface area contributed by atoms with Crippen molar-refractivity contribution in [1.29, 1.82) is 0 Å². The van der Waals surface area contributed by atoms with Crippen molar-refractivity contribution in [3.63, 3.8) is 0 Å². The molecule has 0 bridgehead atoms. The lowest BCUT2D eigenvalue weighted by molar-refractivity contribution is -0.0446. The summed E-state index contributed by atoms with van der Waals surface area (Å²) in [5.74, 6) is -0.214. The number of aliphatic hydroxyl groups excluding tert-OH is 1. The van der Waals surface area contributed by atoms with Crippen LogP contribution in [0.1, 0.15) is 27.9 Å². The second-order valence-electron chi connectivity index (χ2n) is 5.55. The van der Waals surface area contributed by atoms with Crippen LogP contribution in [0.5, 0.6) is 0 Å². The lowest BCUT2D eigenvalue weighted by atomic mass is 10.00. The van der Waals surface area contributed by atoms with E-state index in [9.17, 15) is 9.90 Å². The van der Waals surface area contributed by atoms with Gasteiger partial charge < -0.3 is 15.1 Å². The van der Waals surface area contributed by atoms with E-state index in [1.807, 2.05) is 36.4 Å². The van der Waals surface area contributed by atoms with Crippen molar-refractivity contribution in [1.82, 2.24) is 4.90 Å². The Morgan fingerprint density at radius 1 is 1.04 bits per heavy atom. The largest absolute Gasteiger partial charge is 0.396 e. The van der Waals surface area contributed by atoms with Crippen LogP contribution in [0, 0.1) is 0 Å². The van der Waals surface area contributed by atoms with Crippen LogP contribution in [-0.2, 0) is 5.72 Å². The summed E-state index contributed by atoms with van der Waals surface area (Å²) in [6, 6.07) is 16.7. The minimum atomic E-state index is -1.49. The van der Waals surface area contributed by atoms with Crippen LogP contribution >= 0.6 is 0 Å². The van der Waals surface area contributed by atoms with Gasteiger partial charge in [-0.3, -0.25) is 4.79 Å². The minimum Gasteiger partial charge on any atom is -0.396 e. The predicted molar refractivity (Wildman–Crippen MR) is 88.6 cm³/mol. The average molecular weight is 309 g/mol. The summed E-state index contributed by atoms with van der Waals surface area (Å²) in [6.45, 7) is 0.262. The van der Waals surface area contributed by atoms with E-state index >= 15 is 0 Å². The summed E-state index contributed by atoms with van der Waals surface area (Å²) in [7, 11) is 0. The van der Waals surface area contributed by atoms with Crippen molar-refractivity contribution in [2.24, 2.45) is 0 Å². The number of aliphatic hydroxyl groups is 2. The Morgan fingerprint density at radius 2 is 1.74 bits per heavy atom. The summed E-state index contributed by atoms with van der Waals surface area (Å²) in [5.41, 5.74) is 0.541. The van der Waals surface area contributed by atoms with Crippen LogP contribution in [0.15, 0.2) is 60.7 Å². The number of nitrogens with zero attached hydrogens (tertiary/aromatic N) is 1. The molecule has 1 amide bonds. The van der Waals surface area contributed by atoms with Gasteiger partial charge in [-0.15, -0.1) is 0 Å². The SMILES string of the molecule is O=C1c2ccccc2C(O)(/C=C/c2ccccc2)N1CCCO. The van der Waals surface area contributed by atoms with Crippen molar-refractivity contribution in [2.75, 3.05) is 13.2 Å². The Bertz CT molecular complexity index is 726. The van der Waals surface area contributed by atoms with E-state index in [1.54, 1.807) is 30.4 Å². The molecule has 23 heavy (non-hydrogen) atoms. The van der Waals surface area contributed by atoms with E-state index in [0.29, 0.717) is 24.1 Å². The molecule has 1 heterocycles. The van der Waals surface area contributed by atoms with Gasteiger partial charge in [-0.05, 0) is 24.1 Å². The number of carbonyl (C=O) groups excluding carboxylic acids is 1. The molecule has 118 valence electrons. The number of fused-ring (bicyclic) bond motifs is 1. The minimum absolute atomic E-state index is 0.0292. The third-order valence-electron chi connectivity index (χ3n) is 4.06. The zero-order valence-corrected chi connectivity index (χ0v) is 12.7. The van der Waals surface area contributed by atoms with E-state index in [-0.39, 0.29) is 12.5 Å². The molecule has 3 rings (SSSR count). The summed E-state index contributed by atoms with van der Waals surface area (Å²) in [6.07, 6.45) is 3.87. The first-order chi connectivity index (χ1) is 11.2. The molecule has 1 unspecified atom stereocenters. The van der Waals surface area contributed by atoms with Gasteiger partial charge in [0.2, 0.25) is 0 Å². The molecule has 1 aliphatic rings. The second-order valence-corrected chi connectivity index (χ2v) is 5.55. The first-order valence-corrected chi connectivity index (χ1v) is 7.66. The Kier molecular flexibility index (Phi) is 4.28. The zero-order chi connectivity index (χ0) is 16.3. The number of carbonyl (C=O) groups is 1. The molecule has 2 aromatic carbocycles. The van der Waals surface area contributed by atoms with E-state index < -0.39 is 5.72 Å². The number of amides is 1. The highest BCUT2D eigenvalue weighted by Gasteiger charge is 2.46. The molecule has 4 nitrogen and oxygen atoms in total. The molecule has 0 saturated heterocycles. The molecule has 2 N–H and O–H groups in total. The number of rotatable bonds is 5. The molecule has 0 saturated carbocycles. The van der Waals surface area contributed by atoms with Crippen LogP contribution < -0.4 is 0 Å². The Hall–Kier alpha value is -2.43. The van der Waals surface area contributed by atoms with Crippen LogP contribution in [0.4, 0.5) is 0 Å². The molecule has 2 aromatic rings. The molecule has 4 heteroatoms. The zero-order valence-electron chi connectivity index (χ0n) is 12.7. The van der Waals surface area contributed by atoms with Crippen molar-refractivity contribution < 1.29 is 15.0 Å². The first-order valence-electron chi connectivity index (χ1n) is 7.66. The normalized spacial score (nSPS) is 20.3. The predicted octanol–water partition coefficient (Wildman–Crippen LogP) is 2.38. The second kappa shape index (κ2) is 6.36. The van der Waals surface area contributed by atoms with Gasteiger partial charge in [0.15, 0.2) is 5.72 Å². The number of hydrogen-bond donors (Lipinski definition) is 2. The van der Waals surface area contributed by atoms with Gasteiger partial charge in [0.25, 0.3) is 5.91 Å². The highest BCUT2D eigenvalue weighted by Crippen LogP contribution is 2.38. The molecular weight excluding hydrogens is 290 g/mol. The summed E-state index contributed by atoms with van der Waals surface area (Å²) < 4.78 is 0. The van der Waals surface area contributed by atoms with Crippen LogP contribution in [0.2, 0.25) is 0 Å². The fraction of sp³-hybridized carbons (Fsp3) is 0.211. The van der Waals surface area contributed by atoms with E-state index in [4.69, 9.17) is 5.11 Å². The lowest BCUT2D eigenvalue weighted by Gasteiger charge is -2.31. The average Bonchev–Trinajstić information content (AvgIpc) is 2.81. The van der Waals surface area contributed by atoms with Crippen LogP contribution in [-0.4, -0.2) is 34.2 Å². The van der Waals surface area contributed by atoms with E-state index in [1.165, 1.54) is 4.90 Å². The Morgan fingerprint density at radius 3 is 2.48 bits per heavy atom. The third-order valence-corrected chi connectivity index (χ3v) is 4.06. The van der Waals surface area contributed by atoms with Gasteiger partial charge in [-0.25, -0.2) is 0 Å². The van der Waals surface area contributed by atoms with Crippen LogP contribution in [0.25, 0.3) is 6.08 Å². The summed E-state index contributed by atoms with van der Waals surface area (Å²) >= 11 is 0. The van der Waals surface area contributed by atoms with Gasteiger partial charge in [-0.1, -0.05) is 54.6 Å². The lowest BCUT2D eigenvalue weighted by Crippen LogP contribution is -2.43. The highest BCUT2D eigenvalue weighted by molar-refractivity contribution is 6.00. The van der Waals surface area contributed by atoms with Gasteiger partial charge >= 0.3 is 0 Å². The quantitative estimate of drug-likeness (QED) is 0.891. The number of hydrogen-bond acceptors (Lipinski definition) is 3. The third kappa shape index (κ3) is 2.79. The first kappa shape index (κ1) is 15.5. The molecule has 0 aliphatic carbocycles. The Balaban J connectivity index is 2.01. The smallest absolute Gasteiger partial charge is 0.257 e. The standard InChI is InChI=1S/C19H19NO3/c21-14-6-13-20-18(22)16-9-4-5-10-17(16)19(20,23)12-11-15-7-2-1-3-8-15/h1-5,7-12,21,23H,6,13-14H2/b12-11+. The maximum absolute atomic E-state index is 12.6. The monoisotopic (exact) mass is 309 g/mol. The molecule has 1 atom stereocenters.